The van der Waals surface area contributed by atoms with Gasteiger partial charge in [-0.05, 0) is 45.8 Å². The highest BCUT2D eigenvalue weighted by Gasteiger charge is 2.04. The van der Waals surface area contributed by atoms with Gasteiger partial charge in [0.05, 0.1) is 23.7 Å². The van der Waals surface area contributed by atoms with Gasteiger partial charge in [0.2, 0.25) is 0 Å². The number of hydrogen-bond acceptors (Lipinski definition) is 3. The van der Waals surface area contributed by atoms with Crippen LogP contribution in [0.4, 0.5) is 5.69 Å². The maximum Gasteiger partial charge on any atom is 0.139 e. The summed E-state index contributed by atoms with van der Waals surface area (Å²) in [6.07, 6.45) is 0. The number of halogens is 2. The molecule has 0 amide bonds. The third-order valence-electron chi connectivity index (χ3n) is 2.86. The fourth-order valence-corrected chi connectivity index (χ4v) is 2.58. The molecule has 0 radical (unpaired) electrons. The Hall–Kier alpha value is -1.39. The smallest absolute Gasteiger partial charge is 0.139 e. The number of nitrogens with one attached hydrogen (secondary N) is 1. The molecule has 0 atom stereocenters. The molecule has 0 aliphatic heterocycles. The Balaban J connectivity index is 2.07. The van der Waals surface area contributed by atoms with Crippen molar-refractivity contribution in [2.75, 3.05) is 19.5 Å². The molecule has 5 heteroatoms. The van der Waals surface area contributed by atoms with Gasteiger partial charge in [-0.1, -0.05) is 17.7 Å². The van der Waals surface area contributed by atoms with Crippen LogP contribution in [0.25, 0.3) is 0 Å². The van der Waals surface area contributed by atoms with Crippen molar-refractivity contribution in [3.05, 3.63) is 51.5 Å². The summed E-state index contributed by atoms with van der Waals surface area (Å²) in [7, 11) is 3.25. The van der Waals surface area contributed by atoms with E-state index in [0.717, 1.165) is 21.5 Å². The predicted octanol–water partition coefficient (Wildman–Crippen LogP) is 4.73. The number of hydrogen-bond donors (Lipinski definition) is 1. The van der Waals surface area contributed by atoms with Crippen LogP contribution in [0.2, 0.25) is 5.02 Å². The topological polar surface area (TPSA) is 30.5 Å². The molecule has 106 valence electrons. The Morgan fingerprint density at radius 1 is 1.05 bits per heavy atom. The lowest BCUT2D eigenvalue weighted by Gasteiger charge is -2.10. The van der Waals surface area contributed by atoms with Gasteiger partial charge in [0.1, 0.15) is 11.5 Å². The third kappa shape index (κ3) is 3.58. The number of anilines is 1. The van der Waals surface area contributed by atoms with Crippen LogP contribution in [0, 0.1) is 0 Å². The lowest BCUT2D eigenvalue weighted by molar-refractivity contribution is 0.412. The van der Waals surface area contributed by atoms with Crippen LogP contribution in [0.15, 0.2) is 40.9 Å². The zero-order valence-electron chi connectivity index (χ0n) is 11.2. The summed E-state index contributed by atoms with van der Waals surface area (Å²) in [4.78, 5) is 0. The normalized spacial score (nSPS) is 10.2. The van der Waals surface area contributed by atoms with Crippen molar-refractivity contribution >= 4 is 33.2 Å². The molecule has 0 bridgehead atoms. The monoisotopic (exact) mass is 355 g/mol. The van der Waals surface area contributed by atoms with Gasteiger partial charge in [-0.25, -0.2) is 0 Å². The van der Waals surface area contributed by atoms with Gasteiger partial charge < -0.3 is 14.8 Å². The fraction of sp³-hybridized carbons (Fsp3) is 0.200. The highest BCUT2D eigenvalue weighted by molar-refractivity contribution is 9.10. The van der Waals surface area contributed by atoms with E-state index in [1.807, 2.05) is 36.4 Å². The van der Waals surface area contributed by atoms with Crippen LogP contribution < -0.4 is 14.8 Å². The minimum Gasteiger partial charge on any atom is -0.496 e. The first-order chi connectivity index (χ1) is 9.63. The van der Waals surface area contributed by atoms with Gasteiger partial charge in [0.25, 0.3) is 0 Å². The molecular formula is C15H15BrClNO2. The van der Waals surface area contributed by atoms with Crippen LogP contribution in [0.5, 0.6) is 11.5 Å². The van der Waals surface area contributed by atoms with E-state index in [4.69, 9.17) is 21.1 Å². The molecule has 1 N–H and O–H groups in total. The maximum absolute atomic E-state index is 5.99. The van der Waals surface area contributed by atoms with Crippen molar-refractivity contribution in [2.24, 2.45) is 0 Å². The van der Waals surface area contributed by atoms with Crippen molar-refractivity contribution in [1.29, 1.82) is 0 Å². The zero-order valence-corrected chi connectivity index (χ0v) is 13.6. The Morgan fingerprint density at radius 3 is 2.45 bits per heavy atom. The average Bonchev–Trinajstić information content (AvgIpc) is 2.46. The summed E-state index contributed by atoms with van der Waals surface area (Å²) in [5, 5.41) is 3.93. The molecule has 3 nitrogen and oxygen atoms in total. The first kappa shape index (κ1) is 15.0. The van der Waals surface area contributed by atoms with E-state index < -0.39 is 0 Å². The zero-order chi connectivity index (χ0) is 14.5. The summed E-state index contributed by atoms with van der Waals surface area (Å²) in [5.74, 6) is 1.48. The lowest BCUT2D eigenvalue weighted by atomic mass is 10.2. The van der Waals surface area contributed by atoms with Gasteiger partial charge in [0, 0.05) is 18.3 Å². The first-order valence-electron chi connectivity index (χ1n) is 6.04. The number of ether oxygens (including phenoxy) is 2. The average molecular weight is 357 g/mol. The predicted molar refractivity (Wildman–Crippen MR) is 86.0 cm³/mol. The highest BCUT2D eigenvalue weighted by atomic mass is 79.9. The van der Waals surface area contributed by atoms with E-state index in [1.165, 1.54) is 0 Å². The molecule has 0 saturated carbocycles. The van der Waals surface area contributed by atoms with Crippen molar-refractivity contribution < 1.29 is 9.47 Å². The molecule has 0 unspecified atom stereocenters. The molecule has 0 heterocycles. The summed E-state index contributed by atoms with van der Waals surface area (Å²) in [5.41, 5.74) is 2.10. The first-order valence-corrected chi connectivity index (χ1v) is 7.21. The lowest BCUT2D eigenvalue weighted by Crippen LogP contribution is -2.00. The van der Waals surface area contributed by atoms with Gasteiger partial charge in [-0.3, -0.25) is 0 Å². The van der Waals surface area contributed by atoms with Gasteiger partial charge in [-0.2, -0.15) is 0 Å². The number of methoxy groups -OCH3 is 2. The van der Waals surface area contributed by atoms with E-state index in [-0.39, 0.29) is 0 Å². The second kappa shape index (κ2) is 6.86. The molecule has 0 fully saturated rings. The fourth-order valence-electron chi connectivity index (χ4n) is 1.79. The van der Waals surface area contributed by atoms with Crippen molar-refractivity contribution in [1.82, 2.24) is 0 Å². The Kier molecular flexibility index (Phi) is 5.15. The molecule has 2 aromatic carbocycles. The van der Waals surface area contributed by atoms with Crippen LogP contribution in [0.1, 0.15) is 5.56 Å². The molecule has 20 heavy (non-hydrogen) atoms. The summed E-state index contributed by atoms with van der Waals surface area (Å²) in [6.45, 7) is 0.702. The van der Waals surface area contributed by atoms with Crippen molar-refractivity contribution in [3.8, 4) is 11.5 Å². The number of rotatable bonds is 5. The van der Waals surface area contributed by atoms with Gasteiger partial charge in [0.15, 0.2) is 0 Å². The molecule has 0 spiro atoms. The summed E-state index contributed by atoms with van der Waals surface area (Å²) in [6, 6.07) is 11.6. The third-order valence-corrected chi connectivity index (χ3v) is 3.80. The molecule has 2 rings (SSSR count). The molecule has 0 aliphatic rings. The number of benzene rings is 2. The van der Waals surface area contributed by atoms with Gasteiger partial charge in [-0.15, -0.1) is 0 Å². The van der Waals surface area contributed by atoms with Gasteiger partial charge >= 0.3 is 0 Å². The molecule has 2 aromatic rings. The maximum atomic E-state index is 5.99. The second-order valence-electron chi connectivity index (χ2n) is 4.17. The molecule has 0 saturated heterocycles. The molecule has 0 aromatic heterocycles. The van der Waals surface area contributed by atoms with E-state index in [2.05, 4.69) is 21.2 Å². The standard InChI is InChI=1S/C15H15BrClNO2/c1-19-14-6-3-10(7-12(14)16)9-18-11-4-5-13(17)15(8-11)20-2/h3-8,18H,9H2,1-2H3. The second-order valence-corrected chi connectivity index (χ2v) is 5.43. The van der Waals surface area contributed by atoms with Crippen molar-refractivity contribution in [3.63, 3.8) is 0 Å². The minimum atomic E-state index is 0.602. The van der Waals surface area contributed by atoms with Crippen LogP contribution in [0.3, 0.4) is 0 Å². The summed E-state index contributed by atoms with van der Waals surface area (Å²) >= 11 is 9.47. The Bertz CT molecular complexity index is 604. The highest BCUT2D eigenvalue weighted by Crippen LogP contribution is 2.28. The quantitative estimate of drug-likeness (QED) is 0.840. The van der Waals surface area contributed by atoms with Crippen LogP contribution in [-0.2, 0) is 6.54 Å². The van der Waals surface area contributed by atoms with E-state index >= 15 is 0 Å². The Morgan fingerprint density at radius 2 is 1.80 bits per heavy atom. The van der Waals surface area contributed by atoms with E-state index in [1.54, 1.807) is 14.2 Å². The Labute approximate surface area is 132 Å². The van der Waals surface area contributed by atoms with E-state index in [0.29, 0.717) is 17.3 Å². The largest absolute Gasteiger partial charge is 0.496 e. The molecular weight excluding hydrogens is 342 g/mol. The molecule has 0 aliphatic carbocycles. The van der Waals surface area contributed by atoms with Crippen molar-refractivity contribution in [2.45, 2.75) is 6.54 Å². The summed E-state index contributed by atoms with van der Waals surface area (Å²) < 4.78 is 11.3. The minimum absolute atomic E-state index is 0.602. The van der Waals surface area contributed by atoms with E-state index in [9.17, 15) is 0 Å². The SMILES string of the molecule is COc1cc(NCc2ccc(OC)c(Br)c2)ccc1Cl. The van der Waals surface area contributed by atoms with Crippen LogP contribution >= 0.6 is 27.5 Å². The van der Waals surface area contributed by atoms with Crippen LogP contribution in [-0.4, -0.2) is 14.2 Å².